The fourth-order valence-electron chi connectivity index (χ4n) is 2.03. The van der Waals surface area contributed by atoms with Crippen molar-refractivity contribution in [2.45, 2.75) is 39.8 Å². The minimum absolute atomic E-state index is 0.0928. The van der Waals surface area contributed by atoms with E-state index < -0.39 is 0 Å². The molecule has 0 spiro atoms. The van der Waals surface area contributed by atoms with Gasteiger partial charge in [0.05, 0.1) is 23.1 Å². The molecule has 5 nitrogen and oxygen atoms in total. The number of rotatable bonds is 5. The first-order chi connectivity index (χ1) is 9.13. The molecule has 0 radical (unpaired) electrons. The van der Waals surface area contributed by atoms with E-state index in [1.165, 1.54) is 0 Å². The summed E-state index contributed by atoms with van der Waals surface area (Å²) >= 11 is 0. The molecule has 0 saturated heterocycles. The van der Waals surface area contributed by atoms with E-state index in [1.807, 2.05) is 29.8 Å². The van der Waals surface area contributed by atoms with E-state index in [-0.39, 0.29) is 6.04 Å². The lowest BCUT2D eigenvalue weighted by molar-refractivity contribution is 0.598. The second kappa shape index (κ2) is 5.73. The van der Waals surface area contributed by atoms with Gasteiger partial charge in [-0.3, -0.25) is 4.98 Å². The molecule has 102 valence electrons. The molecule has 0 bridgehead atoms. The molecule has 3 N–H and O–H groups in total. The zero-order chi connectivity index (χ0) is 13.8. The Labute approximate surface area is 113 Å². The zero-order valence-corrected chi connectivity index (χ0v) is 11.7. The van der Waals surface area contributed by atoms with Crippen LogP contribution in [0.3, 0.4) is 0 Å². The van der Waals surface area contributed by atoms with E-state index in [4.69, 9.17) is 5.73 Å². The summed E-state index contributed by atoms with van der Waals surface area (Å²) in [5.41, 5.74) is 8.67. The number of nitrogens with two attached hydrogens (primary N) is 1. The number of nitrogens with zero attached hydrogens (tertiary/aromatic N) is 3. The Morgan fingerprint density at radius 1 is 1.42 bits per heavy atom. The molecule has 2 rings (SSSR count). The molecule has 0 aliphatic rings. The molecule has 0 saturated carbocycles. The predicted octanol–water partition coefficient (Wildman–Crippen LogP) is 2.75. The fourth-order valence-corrected chi connectivity index (χ4v) is 2.03. The van der Waals surface area contributed by atoms with Gasteiger partial charge in [-0.15, -0.1) is 0 Å². The largest absolute Gasteiger partial charge is 0.394 e. The van der Waals surface area contributed by atoms with Crippen LogP contribution in [0.25, 0.3) is 0 Å². The van der Waals surface area contributed by atoms with Gasteiger partial charge in [-0.1, -0.05) is 13.0 Å². The van der Waals surface area contributed by atoms with Crippen molar-refractivity contribution in [2.75, 3.05) is 11.1 Å². The Morgan fingerprint density at radius 2 is 2.21 bits per heavy atom. The number of pyridine rings is 1. The highest BCUT2D eigenvalue weighted by Crippen LogP contribution is 2.26. The van der Waals surface area contributed by atoms with Gasteiger partial charge in [0, 0.05) is 12.7 Å². The zero-order valence-electron chi connectivity index (χ0n) is 11.7. The van der Waals surface area contributed by atoms with Gasteiger partial charge >= 0.3 is 0 Å². The van der Waals surface area contributed by atoms with Gasteiger partial charge in [-0.05, 0) is 32.4 Å². The van der Waals surface area contributed by atoms with Gasteiger partial charge < -0.3 is 11.1 Å². The summed E-state index contributed by atoms with van der Waals surface area (Å²) in [6.45, 7) is 6.98. The minimum atomic E-state index is 0.0928. The van der Waals surface area contributed by atoms with Crippen molar-refractivity contribution < 1.29 is 0 Å². The SMILES string of the molecule is CCCn1nc(C)c(N)c1NC(C)c1ccccn1. The van der Waals surface area contributed by atoms with Crippen LogP contribution in [0.5, 0.6) is 0 Å². The number of nitrogens with one attached hydrogen (secondary N) is 1. The Bertz CT molecular complexity index is 532. The van der Waals surface area contributed by atoms with E-state index in [9.17, 15) is 0 Å². The van der Waals surface area contributed by atoms with Crippen LogP contribution in [0.15, 0.2) is 24.4 Å². The van der Waals surface area contributed by atoms with Gasteiger partial charge in [0.15, 0.2) is 0 Å². The molecule has 0 fully saturated rings. The van der Waals surface area contributed by atoms with Gasteiger partial charge in [-0.2, -0.15) is 5.10 Å². The van der Waals surface area contributed by atoms with Crippen molar-refractivity contribution in [1.82, 2.24) is 14.8 Å². The molecule has 0 aromatic carbocycles. The van der Waals surface area contributed by atoms with Crippen LogP contribution in [0.2, 0.25) is 0 Å². The predicted molar refractivity (Wildman–Crippen MR) is 77.9 cm³/mol. The van der Waals surface area contributed by atoms with Crippen LogP contribution in [0.1, 0.15) is 37.7 Å². The Morgan fingerprint density at radius 3 is 2.84 bits per heavy atom. The highest BCUT2D eigenvalue weighted by Gasteiger charge is 2.15. The van der Waals surface area contributed by atoms with E-state index in [2.05, 4.69) is 29.2 Å². The molecule has 2 aromatic heterocycles. The maximum Gasteiger partial charge on any atom is 0.148 e. The van der Waals surface area contributed by atoms with Gasteiger partial charge in [-0.25, -0.2) is 4.68 Å². The van der Waals surface area contributed by atoms with E-state index in [1.54, 1.807) is 6.20 Å². The van der Waals surface area contributed by atoms with Gasteiger partial charge in [0.2, 0.25) is 0 Å². The Balaban J connectivity index is 2.23. The van der Waals surface area contributed by atoms with Crippen LogP contribution < -0.4 is 11.1 Å². The van der Waals surface area contributed by atoms with Crippen LogP contribution in [0, 0.1) is 6.92 Å². The molecular formula is C14H21N5. The molecule has 0 aliphatic heterocycles. The van der Waals surface area contributed by atoms with Crippen LogP contribution >= 0.6 is 0 Å². The maximum absolute atomic E-state index is 6.09. The molecule has 0 aliphatic carbocycles. The van der Waals surface area contributed by atoms with Crippen molar-refractivity contribution in [1.29, 1.82) is 0 Å². The third-order valence-electron chi connectivity index (χ3n) is 3.09. The lowest BCUT2D eigenvalue weighted by Crippen LogP contribution is -2.13. The summed E-state index contributed by atoms with van der Waals surface area (Å²) in [6, 6.07) is 5.99. The second-order valence-corrected chi connectivity index (χ2v) is 4.69. The summed E-state index contributed by atoms with van der Waals surface area (Å²) in [5, 5.41) is 7.87. The summed E-state index contributed by atoms with van der Waals surface area (Å²) < 4.78 is 1.93. The molecule has 2 heterocycles. The van der Waals surface area contributed by atoms with Crippen molar-refractivity contribution in [2.24, 2.45) is 0 Å². The van der Waals surface area contributed by atoms with E-state index in [0.717, 1.165) is 35.9 Å². The normalized spacial score (nSPS) is 12.4. The smallest absolute Gasteiger partial charge is 0.148 e. The highest BCUT2D eigenvalue weighted by atomic mass is 15.3. The molecular weight excluding hydrogens is 238 g/mol. The van der Waals surface area contributed by atoms with Crippen LogP contribution in [-0.4, -0.2) is 14.8 Å². The second-order valence-electron chi connectivity index (χ2n) is 4.69. The van der Waals surface area contributed by atoms with Gasteiger partial charge in [0.1, 0.15) is 5.82 Å². The molecule has 1 atom stereocenters. The lowest BCUT2D eigenvalue weighted by atomic mass is 10.2. The average Bonchev–Trinajstić information content (AvgIpc) is 2.68. The Hall–Kier alpha value is -2.04. The van der Waals surface area contributed by atoms with Crippen molar-refractivity contribution >= 4 is 11.5 Å². The third kappa shape index (κ3) is 2.86. The van der Waals surface area contributed by atoms with E-state index >= 15 is 0 Å². The number of hydrogen-bond acceptors (Lipinski definition) is 4. The maximum atomic E-state index is 6.09. The molecule has 2 aromatic rings. The first-order valence-corrected chi connectivity index (χ1v) is 6.63. The van der Waals surface area contributed by atoms with Crippen LogP contribution in [-0.2, 0) is 6.54 Å². The Kier molecular flexibility index (Phi) is 4.04. The number of aromatic nitrogens is 3. The number of nitrogen functional groups attached to an aromatic ring is 1. The molecule has 0 amide bonds. The lowest BCUT2D eigenvalue weighted by Gasteiger charge is -2.16. The average molecular weight is 259 g/mol. The highest BCUT2D eigenvalue weighted by molar-refractivity contribution is 5.65. The summed E-state index contributed by atoms with van der Waals surface area (Å²) in [5.74, 6) is 0.887. The standard InChI is InChI=1S/C14H21N5/c1-4-9-19-14(13(15)11(3)18-19)17-10(2)12-7-5-6-8-16-12/h5-8,10,17H,4,9,15H2,1-3H3. The minimum Gasteiger partial charge on any atom is -0.394 e. The van der Waals surface area contributed by atoms with Crippen molar-refractivity contribution in [3.8, 4) is 0 Å². The van der Waals surface area contributed by atoms with Gasteiger partial charge in [0.25, 0.3) is 0 Å². The summed E-state index contributed by atoms with van der Waals surface area (Å²) in [7, 11) is 0. The van der Waals surface area contributed by atoms with E-state index in [0.29, 0.717) is 0 Å². The molecule has 1 unspecified atom stereocenters. The van der Waals surface area contributed by atoms with Crippen molar-refractivity contribution in [3.05, 3.63) is 35.8 Å². The number of hydrogen-bond donors (Lipinski definition) is 2. The number of aryl methyl sites for hydroxylation is 2. The molecule has 5 heteroatoms. The summed E-state index contributed by atoms with van der Waals surface area (Å²) in [4.78, 5) is 4.35. The third-order valence-corrected chi connectivity index (χ3v) is 3.09. The quantitative estimate of drug-likeness (QED) is 0.866. The van der Waals surface area contributed by atoms with Crippen molar-refractivity contribution in [3.63, 3.8) is 0 Å². The fraction of sp³-hybridized carbons (Fsp3) is 0.429. The first kappa shape index (κ1) is 13.4. The number of anilines is 2. The summed E-state index contributed by atoms with van der Waals surface area (Å²) in [6.07, 6.45) is 2.82. The molecule has 19 heavy (non-hydrogen) atoms. The van der Waals surface area contributed by atoms with Crippen LogP contribution in [0.4, 0.5) is 11.5 Å². The topological polar surface area (TPSA) is 68.8 Å². The monoisotopic (exact) mass is 259 g/mol. The first-order valence-electron chi connectivity index (χ1n) is 6.63.